The van der Waals surface area contributed by atoms with Crippen LogP contribution in [0.4, 0.5) is 5.82 Å². The molecule has 1 aliphatic rings. The highest BCUT2D eigenvalue weighted by Crippen LogP contribution is 2.28. The maximum atomic E-state index is 12.6. The summed E-state index contributed by atoms with van der Waals surface area (Å²) in [5, 5.41) is 3.23. The number of pyridine rings is 1. The van der Waals surface area contributed by atoms with Gasteiger partial charge in [-0.1, -0.05) is 20.3 Å². The van der Waals surface area contributed by atoms with E-state index in [2.05, 4.69) is 24.1 Å². The minimum Gasteiger partial charge on any atom is -0.370 e. The molecule has 0 aliphatic heterocycles. The lowest BCUT2D eigenvalue weighted by Gasteiger charge is -2.22. The van der Waals surface area contributed by atoms with Crippen molar-refractivity contribution in [3.05, 3.63) is 23.9 Å². The third-order valence-electron chi connectivity index (χ3n) is 3.56. The van der Waals surface area contributed by atoms with Crippen molar-refractivity contribution in [1.29, 1.82) is 0 Å². The summed E-state index contributed by atoms with van der Waals surface area (Å²) >= 11 is 0. The molecule has 4 heteroatoms. The molecular weight excluding hydrogens is 250 g/mol. The Morgan fingerprint density at radius 3 is 2.85 bits per heavy atom. The van der Waals surface area contributed by atoms with Crippen LogP contribution in [0, 0.1) is 0 Å². The van der Waals surface area contributed by atoms with Crippen molar-refractivity contribution in [3.63, 3.8) is 0 Å². The van der Waals surface area contributed by atoms with Crippen LogP contribution in [0.3, 0.4) is 0 Å². The molecule has 4 nitrogen and oxygen atoms in total. The van der Waals surface area contributed by atoms with Gasteiger partial charge < -0.3 is 10.2 Å². The van der Waals surface area contributed by atoms with Crippen molar-refractivity contribution in [2.45, 2.75) is 52.0 Å². The summed E-state index contributed by atoms with van der Waals surface area (Å²) in [4.78, 5) is 18.9. The van der Waals surface area contributed by atoms with E-state index in [9.17, 15) is 4.79 Å². The van der Waals surface area contributed by atoms with Crippen LogP contribution in [0.15, 0.2) is 18.3 Å². The lowest BCUT2D eigenvalue weighted by atomic mass is 10.2. The Morgan fingerprint density at radius 1 is 1.40 bits per heavy atom. The number of anilines is 1. The summed E-state index contributed by atoms with van der Waals surface area (Å²) < 4.78 is 0. The summed E-state index contributed by atoms with van der Waals surface area (Å²) in [5.41, 5.74) is 0.751. The van der Waals surface area contributed by atoms with Crippen LogP contribution >= 0.6 is 0 Å². The molecule has 0 atom stereocenters. The highest BCUT2D eigenvalue weighted by Gasteiger charge is 2.32. The number of carbonyl (C=O) groups is 1. The molecule has 20 heavy (non-hydrogen) atoms. The second-order valence-electron chi connectivity index (χ2n) is 5.44. The van der Waals surface area contributed by atoms with Gasteiger partial charge in [-0.25, -0.2) is 4.98 Å². The van der Waals surface area contributed by atoms with Crippen molar-refractivity contribution >= 4 is 11.7 Å². The maximum Gasteiger partial charge on any atom is 0.254 e. The van der Waals surface area contributed by atoms with Gasteiger partial charge in [0, 0.05) is 30.9 Å². The summed E-state index contributed by atoms with van der Waals surface area (Å²) in [7, 11) is 0. The van der Waals surface area contributed by atoms with Crippen LogP contribution in [0.1, 0.15) is 56.3 Å². The number of nitrogens with one attached hydrogen (secondary N) is 1. The van der Waals surface area contributed by atoms with Crippen molar-refractivity contribution in [1.82, 2.24) is 9.88 Å². The van der Waals surface area contributed by atoms with Crippen LogP contribution in [0.2, 0.25) is 0 Å². The number of nitrogens with zero attached hydrogens (tertiary/aromatic N) is 2. The number of carbonyl (C=O) groups excluding carboxylic acids is 1. The van der Waals surface area contributed by atoms with Gasteiger partial charge >= 0.3 is 0 Å². The Kier molecular flexibility index (Phi) is 5.39. The molecule has 1 heterocycles. The van der Waals surface area contributed by atoms with Gasteiger partial charge in [0.15, 0.2) is 0 Å². The second kappa shape index (κ2) is 7.27. The van der Waals surface area contributed by atoms with Gasteiger partial charge in [-0.3, -0.25) is 4.79 Å². The van der Waals surface area contributed by atoms with Crippen LogP contribution in [0.25, 0.3) is 0 Å². The largest absolute Gasteiger partial charge is 0.370 e. The monoisotopic (exact) mass is 275 g/mol. The summed E-state index contributed by atoms with van der Waals surface area (Å²) in [6.45, 7) is 6.03. The summed E-state index contributed by atoms with van der Waals surface area (Å²) in [6, 6.07) is 4.16. The number of hydrogen-bond acceptors (Lipinski definition) is 3. The summed E-state index contributed by atoms with van der Waals surface area (Å²) in [5.74, 6) is 0.951. The minimum atomic E-state index is 0.155. The molecule has 0 aromatic carbocycles. The van der Waals surface area contributed by atoms with Gasteiger partial charge in [-0.05, 0) is 37.8 Å². The summed E-state index contributed by atoms with van der Waals surface area (Å²) in [6.07, 6.45) is 7.27. The zero-order valence-electron chi connectivity index (χ0n) is 12.6. The molecule has 1 aromatic rings. The van der Waals surface area contributed by atoms with E-state index in [0.717, 1.165) is 56.6 Å². The molecule has 0 saturated heterocycles. The molecule has 1 fully saturated rings. The average molecular weight is 275 g/mol. The van der Waals surface area contributed by atoms with E-state index in [1.165, 1.54) is 0 Å². The first-order valence-corrected chi connectivity index (χ1v) is 7.77. The molecule has 1 aliphatic carbocycles. The Balaban J connectivity index is 2.05. The molecule has 1 amide bonds. The maximum absolute atomic E-state index is 12.6. The second-order valence-corrected chi connectivity index (χ2v) is 5.44. The van der Waals surface area contributed by atoms with Gasteiger partial charge in [-0.15, -0.1) is 0 Å². The molecule has 1 saturated carbocycles. The van der Waals surface area contributed by atoms with E-state index >= 15 is 0 Å². The predicted molar refractivity (Wildman–Crippen MR) is 82.0 cm³/mol. The van der Waals surface area contributed by atoms with Crippen molar-refractivity contribution in [2.24, 2.45) is 0 Å². The van der Waals surface area contributed by atoms with Crippen molar-refractivity contribution < 1.29 is 4.79 Å². The van der Waals surface area contributed by atoms with E-state index in [1.807, 2.05) is 17.0 Å². The number of aromatic nitrogens is 1. The Labute approximate surface area is 121 Å². The average Bonchev–Trinajstić information content (AvgIpc) is 3.30. The number of amides is 1. The third-order valence-corrected chi connectivity index (χ3v) is 3.56. The lowest BCUT2D eigenvalue weighted by molar-refractivity contribution is 0.0740. The standard InChI is InChI=1S/C16H25N3O/c1-3-5-11-19(14-6-7-14)16(20)13-8-10-18-15(12-13)17-9-4-2/h8,10,12,14H,3-7,9,11H2,1-2H3,(H,17,18). The molecule has 110 valence electrons. The SMILES string of the molecule is CCCCN(C(=O)c1ccnc(NCCC)c1)C1CC1. The van der Waals surface area contributed by atoms with E-state index in [-0.39, 0.29) is 5.91 Å². The van der Waals surface area contributed by atoms with Crippen molar-refractivity contribution in [3.8, 4) is 0 Å². The quantitative estimate of drug-likeness (QED) is 0.791. The van der Waals surface area contributed by atoms with Gasteiger partial charge in [0.1, 0.15) is 5.82 Å². The fraction of sp³-hybridized carbons (Fsp3) is 0.625. The molecule has 0 radical (unpaired) electrons. The van der Waals surface area contributed by atoms with Crippen molar-refractivity contribution in [2.75, 3.05) is 18.4 Å². The lowest BCUT2D eigenvalue weighted by Crippen LogP contribution is -2.34. The molecule has 2 rings (SSSR count). The Bertz CT molecular complexity index is 443. The Hall–Kier alpha value is -1.58. The highest BCUT2D eigenvalue weighted by molar-refractivity contribution is 5.95. The first-order chi connectivity index (χ1) is 9.76. The molecule has 0 spiro atoms. The van der Waals surface area contributed by atoms with Crippen LogP contribution < -0.4 is 5.32 Å². The number of rotatable bonds is 8. The van der Waals surface area contributed by atoms with E-state index in [0.29, 0.717) is 6.04 Å². The van der Waals surface area contributed by atoms with Crippen LogP contribution in [-0.2, 0) is 0 Å². The van der Waals surface area contributed by atoms with E-state index in [4.69, 9.17) is 0 Å². The normalized spacial score (nSPS) is 14.1. The fourth-order valence-electron chi connectivity index (χ4n) is 2.24. The number of hydrogen-bond donors (Lipinski definition) is 1. The zero-order valence-corrected chi connectivity index (χ0v) is 12.6. The molecule has 1 N–H and O–H groups in total. The molecule has 0 bridgehead atoms. The topological polar surface area (TPSA) is 45.2 Å². The molecular formula is C16H25N3O. The smallest absolute Gasteiger partial charge is 0.254 e. The zero-order chi connectivity index (χ0) is 14.4. The Morgan fingerprint density at radius 2 is 2.20 bits per heavy atom. The number of unbranched alkanes of at least 4 members (excludes halogenated alkanes) is 1. The van der Waals surface area contributed by atoms with E-state index < -0.39 is 0 Å². The fourth-order valence-corrected chi connectivity index (χ4v) is 2.24. The first-order valence-electron chi connectivity index (χ1n) is 7.77. The van der Waals surface area contributed by atoms with E-state index in [1.54, 1.807) is 6.20 Å². The van der Waals surface area contributed by atoms with Gasteiger partial charge in [0.25, 0.3) is 5.91 Å². The predicted octanol–water partition coefficient (Wildman–Crippen LogP) is 3.31. The van der Waals surface area contributed by atoms with Crippen LogP contribution in [0.5, 0.6) is 0 Å². The van der Waals surface area contributed by atoms with Gasteiger partial charge in [-0.2, -0.15) is 0 Å². The third kappa shape index (κ3) is 3.95. The first kappa shape index (κ1) is 14.8. The van der Waals surface area contributed by atoms with Crippen LogP contribution in [-0.4, -0.2) is 34.9 Å². The minimum absolute atomic E-state index is 0.155. The molecule has 0 unspecified atom stereocenters. The van der Waals surface area contributed by atoms with Gasteiger partial charge in [0.05, 0.1) is 0 Å². The highest BCUT2D eigenvalue weighted by atomic mass is 16.2. The molecule has 1 aromatic heterocycles. The van der Waals surface area contributed by atoms with Gasteiger partial charge in [0.2, 0.25) is 0 Å².